The average molecular weight is 569 g/mol. The number of Topliss-reactive ketones (excluding diaryl/α,β-unsaturated/α-hetero) is 1. The average Bonchev–Trinajstić information content (AvgIpc) is 3.40. The largest absolute Gasteiger partial charge is 0.444 e. The highest BCUT2D eigenvalue weighted by Crippen LogP contribution is 2.27. The number of pyridine rings is 1. The minimum atomic E-state index is -0.635. The molecule has 42 heavy (non-hydrogen) atoms. The Labute approximate surface area is 248 Å². The molecule has 2 aromatic carbocycles. The molecule has 0 fully saturated rings. The third-order valence-corrected chi connectivity index (χ3v) is 6.64. The van der Waals surface area contributed by atoms with Crippen LogP contribution in [-0.4, -0.2) is 32.0 Å². The first-order chi connectivity index (χ1) is 20.3. The van der Waals surface area contributed by atoms with E-state index in [1.165, 1.54) is 0 Å². The fourth-order valence-electron chi connectivity index (χ4n) is 4.65. The molecule has 0 aliphatic carbocycles. The third-order valence-electron chi connectivity index (χ3n) is 6.64. The summed E-state index contributed by atoms with van der Waals surface area (Å²) >= 11 is 0. The molecule has 1 N–H and O–H groups in total. The lowest BCUT2D eigenvalue weighted by Crippen LogP contribution is -2.36. The van der Waals surface area contributed by atoms with Gasteiger partial charge in [0.1, 0.15) is 23.9 Å². The van der Waals surface area contributed by atoms with Crippen LogP contribution in [0.25, 0.3) is 11.3 Å². The summed E-state index contributed by atoms with van der Waals surface area (Å²) in [7, 11) is 0. The summed E-state index contributed by atoms with van der Waals surface area (Å²) < 4.78 is 13.8. The predicted molar refractivity (Wildman–Crippen MR) is 163 cm³/mol. The van der Waals surface area contributed by atoms with E-state index in [0.29, 0.717) is 31.0 Å². The van der Waals surface area contributed by atoms with Crippen LogP contribution in [0.5, 0.6) is 0 Å². The van der Waals surface area contributed by atoms with Crippen molar-refractivity contribution in [3.8, 4) is 11.3 Å². The Morgan fingerprint density at radius 3 is 2.29 bits per heavy atom. The minimum Gasteiger partial charge on any atom is -0.444 e. The maximum absolute atomic E-state index is 12.9. The number of nitrogens with zero attached hydrogens (tertiary/aromatic N) is 3. The van der Waals surface area contributed by atoms with Crippen LogP contribution in [0, 0.1) is 0 Å². The standard InChI is InChI=1S/C34H40N4O4/c1-34(2,3)42-33(40)37-29(20-11-6-12-21-31(39)28-19-13-14-22-35-28)32-36-23-30(27-17-9-5-10-18-27)38(32)25-41-24-26-15-7-4-8-16-26/h4-5,7-10,13-19,22-23,29H,6,11-12,20-21,24-25H2,1-3H3,(H,37,40)/t29-/m0/s1. The monoisotopic (exact) mass is 568 g/mol. The van der Waals surface area contributed by atoms with Crippen LogP contribution in [0.3, 0.4) is 0 Å². The Morgan fingerprint density at radius 1 is 0.881 bits per heavy atom. The van der Waals surface area contributed by atoms with Crippen molar-refractivity contribution >= 4 is 11.9 Å². The van der Waals surface area contributed by atoms with Gasteiger partial charge in [0.2, 0.25) is 0 Å². The van der Waals surface area contributed by atoms with Crippen LogP contribution < -0.4 is 5.32 Å². The van der Waals surface area contributed by atoms with Gasteiger partial charge in [0.15, 0.2) is 5.78 Å². The van der Waals surface area contributed by atoms with Gasteiger partial charge in [-0.05, 0) is 56.9 Å². The summed E-state index contributed by atoms with van der Waals surface area (Å²) in [5, 5.41) is 3.05. The van der Waals surface area contributed by atoms with Gasteiger partial charge in [-0.3, -0.25) is 9.78 Å². The van der Waals surface area contributed by atoms with Gasteiger partial charge in [-0.15, -0.1) is 0 Å². The van der Waals surface area contributed by atoms with Gasteiger partial charge >= 0.3 is 6.09 Å². The van der Waals surface area contributed by atoms with E-state index in [1.807, 2.05) is 98.3 Å². The second-order valence-electron chi connectivity index (χ2n) is 11.2. The van der Waals surface area contributed by atoms with Crippen LogP contribution >= 0.6 is 0 Å². The smallest absolute Gasteiger partial charge is 0.408 e. The number of rotatable bonds is 14. The molecule has 1 amide bonds. The van der Waals surface area contributed by atoms with Gasteiger partial charge in [-0.25, -0.2) is 9.78 Å². The number of amides is 1. The number of unbranched alkanes of at least 4 members (excludes halogenated alkanes) is 2. The number of hydrogen-bond donors (Lipinski definition) is 1. The van der Waals surface area contributed by atoms with Crippen molar-refractivity contribution in [2.45, 2.75) is 77.9 Å². The summed E-state index contributed by atoms with van der Waals surface area (Å²) in [6, 6.07) is 25.0. The number of benzene rings is 2. The summed E-state index contributed by atoms with van der Waals surface area (Å²) in [5.41, 5.74) is 2.83. The van der Waals surface area contributed by atoms with Gasteiger partial charge < -0.3 is 19.4 Å². The van der Waals surface area contributed by atoms with Crippen molar-refractivity contribution in [3.05, 3.63) is 108 Å². The van der Waals surface area contributed by atoms with Gasteiger partial charge in [-0.2, -0.15) is 0 Å². The first kappa shape index (κ1) is 30.7. The fourth-order valence-corrected chi connectivity index (χ4v) is 4.65. The number of imidazole rings is 1. The minimum absolute atomic E-state index is 0.0395. The normalized spacial score (nSPS) is 12.1. The summed E-state index contributed by atoms with van der Waals surface area (Å²) in [5.74, 6) is 0.731. The van der Waals surface area contributed by atoms with E-state index < -0.39 is 17.7 Å². The maximum atomic E-state index is 12.9. The second kappa shape index (κ2) is 15.1. The molecule has 0 saturated carbocycles. The van der Waals surface area contributed by atoms with Gasteiger partial charge in [0.05, 0.1) is 24.5 Å². The number of aromatic nitrogens is 3. The molecule has 0 saturated heterocycles. The number of ketones is 1. The molecule has 0 bridgehead atoms. The lowest BCUT2D eigenvalue weighted by molar-refractivity contribution is 0.0475. The highest BCUT2D eigenvalue weighted by Gasteiger charge is 2.25. The van der Waals surface area contributed by atoms with E-state index in [1.54, 1.807) is 18.3 Å². The molecule has 0 radical (unpaired) electrons. The van der Waals surface area contributed by atoms with Crippen molar-refractivity contribution < 1.29 is 19.1 Å². The highest BCUT2D eigenvalue weighted by molar-refractivity contribution is 5.94. The molecule has 2 aromatic heterocycles. The van der Waals surface area contributed by atoms with Crippen molar-refractivity contribution in [1.82, 2.24) is 19.9 Å². The van der Waals surface area contributed by atoms with Crippen LogP contribution in [-0.2, 0) is 22.8 Å². The molecule has 0 spiro atoms. The van der Waals surface area contributed by atoms with Crippen molar-refractivity contribution in [2.75, 3.05) is 0 Å². The number of carbonyl (C=O) groups is 2. The predicted octanol–water partition coefficient (Wildman–Crippen LogP) is 7.52. The zero-order valence-corrected chi connectivity index (χ0v) is 24.7. The molecule has 2 heterocycles. The Morgan fingerprint density at radius 2 is 1.60 bits per heavy atom. The van der Waals surface area contributed by atoms with Gasteiger partial charge in [0.25, 0.3) is 0 Å². The van der Waals surface area contributed by atoms with E-state index >= 15 is 0 Å². The van der Waals surface area contributed by atoms with E-state index in [4.69, 9.17) is 14.5 Å². The SMILES string of the molecule is CC(C)(C)OC(=O)N[C@@H](CCCCCC(=O)c1ccccn1)c1ncc(-c2ccccc2)n1COCc1ccccc1. The third kappa shape index (κ3) is 9.38. The maximum Gasteiger partial charge on any atom is 0.408 e. The first-order valence-electron chi connectivity index (χ1n) is 14.5. The quantitative estimate of drug-likeness (QED) is 0.125. The van der Waals surface area contributed by atoms with E-state index in [0.717, 1.165) is 36.1 Å². The number of carbonyl (C=O) groups excluding carboxylic acids is 2. The van der Waals surface area contributed by atoms with Gasteiger partial charge in [-0.1, -0.05) is 79.6 Å². The van der Waals surface area contributed by atoms with Crippen LogP contribution in [0.15, 0.2) is 91.3 Å². The lowest BCUT2D eigenvalue weighted by atomic mass is 10.0. The molecular formula is C34H40N4O4. The van der Waals surface area contributed by atoms with E-state index in [9.17, 15) is 9.59 Å². The topological polar surface area (TPSA) is 95.3 Å². The second-order valence-corrected chi connectivity index (χ2v) is 11.2. The first-order valence-corrected chi connectivity index (χ1v) is 14.5. The molecule has 0 aliphatic rings. The molecule has 4 aromatic rings. The molecule has 8 heteroatoms. The van der Waals surface area contributed by atoms with Crippen molar-refractivity contribution in [2.24, 2.45) is 0 Å². The molecular weight excluding hydrogens is 528 g/mol. The van der Waals surface area contributed by atoms with E-state index in [-0.39, 0.29) is 12.5 Å². The van der Waals surface area contributed by atoms with Crippen molar-refractivity contribution in [1.29, 1.82) is 0 Å². The molecule has 1 atom stereocenters. The van der Waals surface area contributed by atoms with E-state index in [2.05, 4.69) is 10.3 Å². The number of alkyl carbamates (subject to hydrolysis) is 1. The number of hydrogen-bond acceptors (Lipinski definition) is 6. The van der Waals surface area contributed by atoms with Crippen LogP contribution in [0.1, 0.15) is 80.8 Å². The van der Waals surface area contributed by atoms with Crippen molar-refractivity contribution in [3.63, 3.8) is 0 Å². The number of nitrogens with one attached hydrogen (secondary N) is 1. The highest BCUT2D eigenvalue weighted by atomic mass is 16.6. The Kier molecular flexibility index (Phi) is 11.0. The zero-order chi connectivity index (χ0) is 29.8. The molecule has 220 valence electrons. The Balaban J connectivity index is 1.50. The molecule has 8 nitrogen and oxygen atoms in total. The lowest BCUT2D eigenvalue weighted by Gasteiger charge is -2.24. The molecule has 4 rings (SSSR count). The zero-order valence-electron chi connectivity index (χ0n) is 24.7. The number of ether oxygens (including phenoxy) is 2. The van der Waals surface area contributed by atoms with Crippen LogP contribution in [0.4, 0.5) is 4.79 Å². The fraction of sp³-hybridized carbons (Fsp3) is 0.353. The Hall–Kier alpha value is -4.30. The molecule has 0 aliphatic heterocycles. The molecule has 0 unspecified atom stereocenters. The summed E-state index contributed by atoms with van der Waals surface area (Å²) in [6.07, 6.45) is 6.36. The summed E-state index contributed by atoms with van der Waals surface area (Å²) in [6.45, 7) is 6.23. The Bertz CT molecular complexity index is 1400. The summed E-state index contributed by atoms with van der Waals surface area (Å²) in [4.78, 5) is 34.3. The van der Waals surface area contributed by atoms with Gasteiger partial charge in [0, 0.05) is 12.6 Å². The van der Waals surface area contributed by atoms with Crippen LogP contribution in [0.2, 0.25) is 0 Å².